The highest BCUT2D eigenvalue weighted by atomic mass is 14.0. The fourth-order valence-electron chi connectivity index (χ4n) is 1.40. The molecule has 0 saturated carbocycles. The minimum atomic E-state index is 0.935. The van der Waals surface area contributed by atoms with Gasteiger partial charge in [0.2, 0.25) is 0 Å². The van der Waals surface area contributed by atoms with Crippen molar-refractivity contribution in [1.29, 1.82) is 0 Å². The van der Waals surface area contributed by atoms with E-state index in [0.29, 0.717) is 0 Å². The maximum absolute atomic E-state index is 3.92. The molecule has 0 spiro atoms. The SMILES string of the molecule is C=CC(=C)c1ccc(/C=C\C)c(C=C)c1. The molecule has 0 radical (unpaired) electrons. The van der Waals surface area contributed by atoms with Gasteiger partial charge in [-0.15, -0.1) is 0 Å². The first kappa shape index (κ1) is 11.3. The van der Waals surface area contributed by atoms with Gasteiger partial charge in [0.15, 0.2) is 0 Å². The Morgan fingerprint density at radius 3 is 2.47 bits per heavy atom. The van der Waals surface area contributed by atoms with Crippen molar-refractivity contribution >= 4 is 17.7 Å². The summed E-state index contributed by atoms with van der Waals surface area (Å²) in [5.74, 6) is 0. The van der Waals surface area contributed by atoms with Crippen molar-refractivity contribution in [3.05, 3.63) is 66.8 Å². The molecule has 15 heavy (non-hydrogen) atoms. The predicted octanol–water partition coefficient (Wildman–Crippen LogP) is 4.56. The van der Waals surface area contributed by atoms with Gasteiger partial charge in [0, 0.05) is 0 Å². The Bertz CT molecular complexity index is 420. The van der Waals surface area contributed by atoms with E-state index in [9.17, 15) is 0 Å². The first-order chi connectivity index (χ1) is 7.22. The van der Waals surface area contributed by atoms with E-state index < -0.39 is 0 Å². The zero-order valence-corrected chi connectivity index (χ0v) is 9.16. The first-order valence-electron chi connectivity index (χ1n) is 4.93. The molecule has 0 saturated heterocycles. The molecule has 0 bridgehead atoms. The number of hydrogen-bond acceptors (Lipinski definition) is 0. The van der Waals surface area contributed by atoms with Gasteiger partial charge >= 0.3 is 0 Å². The minimum absolute atomic E-state index is 0.935. The summed E-state index contributed by atoms with van der Waals surface area (Å²) in [6.07, 6.45) is 7.70. The molecule has 0 nitrogen and oxygen atoms in total. The van der Waals surface area contributed by atoms with Crippen LogP contribution < -0.4 is 0 Å². The summed E-state index contributed by atoms with van der Waals surface area (Å²) < 4.78 is 0. The van der Waals surface area contributed by atoms with Gasteiger partial charge in [-0.2, -0.15) is 0 Å². The molecule has 1 rings (SSSR count). The molecule has 0 aromatic heterocycles. The van der Waals surface area contributed by atoms with Crippen molar-refractivity contribution in [2.75, 3.05) is 0 Å². The largest absolute Gasteiger partial charge is 0.0985 e. The topological polar surface area (TPSA) is 0 Å². The summed E-state index contributed by atoms with van der Waals surface area (Å²) in [6.45, 7) is 13.5. The van der Waals surface area contributed by atoms with Crippen LogP contribution in [0.3, 0.4) is 0 Å². The molecule has 0 N–H and O–H groups in total. The lowest BCUT2D eigenvalue weighted by Crippen LogP contribution is -1.85. The van der Waals surface area contributed by atoms with Gasteiger partial charge in [0.25, 0.3) is 0 Å². The fraction of sp³-hybridized carbons (Fsp3) is 0.0667. The lowest BCUT2D eigenvalue weighted by molar-refractivity contribution is 1.56. The van der Waals surface area contributed by atoms with E-state index >= 15 is 0 Å². The normalized spacial score (nSPS) is 10.2. The van der Waals surface area contributed by atoms with Gasteiger partial charge < -0.3 is 0 Å². The van der Waals surface area contributed by atoms with Crippen molar-refractivity contribution in [2.24, 2.45) is 0 Å². The third-order valence-electron chi connectivity index (χ3n) is 2.27. The van der Waals surface area contributed by atoms with Gasteiger partial charge in [0.05, 0.1) is 0 Å². The monoisotopic (exact) mass is 196 g/mol. The highest BCUT2D eigenvalue weighted by Gasteiger charge is 1.99. The van der Waals surface area contributed by atoms with Crippen LogP contribution in [0.25, 0.3) is 17.7 Å². The van der Waals surface area contributed by atoms with Crippen molar-refractivity contribution < 1.29 is 0 Å². The predicted molar refractivity (Wildman–Crippen MR) is 70.5 cm³/mol. The smallest absolute Gasteiger partial charge is 0.0184 e. The van der Waals surface area contributed by atoms with Crippen LogP contribution in [0.4, 0.5) is 0 Å². The average molecular weight is 196 g/mol. The highest BCUT2D eigenvalue weighted by Crippen LogP contribution is 2.20. The summed E-state index contributed by atoms with van der Waals surface area (Å²) in [4.78, 5) is 0. The Hall–Kier alpha value is -1.82. The Morgan fingerprint density at radius 1 is 1.20 bits per heavy atom. The zero-order valence-electron chi connectivity index (χ0n) is 9.16. The second-order valence-electron chi connectivity index (χ2n) is 3.28. The summed E-state index contributed by atoms with van der Waals surface area (Å²) in [5.41, 5.74) is 4.32. The average Bonchev–Trinajstić information content (AvgIpc) is 2.29. The third-order valence-corrected chi connectivity index (χ3v) is 2.27. The van der Waals surface area contributed by atoms with E-state index in [1.54, 1.807) is 6.08 Å². The van der Waals surface area contributed by atoms with Crippen LogP contribution in [-0.2, 0) is 0 Å². The minimum Gasteiger partial charge on any atom is -0.0985 e. The van der Waals surface area contributed by atoms with Gasteiger partial charge in [-0.1, -0.05) is 56.2 Å². The number of rotatable bonds is 4. The lowest BCUT2D eigenvalue weighted by Gasteiger charge is -2.05. The van der Waals surface area contributed by atoms with E-state index in [0.717, 1.165) is 16.7 Å². The Morgan fingerprint density at radius 2 is 1.93 bits per heavy atom. The van der Waals surface area contributed by atoms with E-state index in [2.05, 4.69) is 37.9 Å². The molecular formula is C15H16. The maximum Gasteiger partial charge on any atom is -0.0184 e. The molecule has 0 aliphatic carbocycles. The van der Waals surface area contributed by atoms with Crippen molar-refractivity contribution in [2.45, 2.75) is 6.92 Å². The van der Waals surface area contributed by atoms with Crippen LogP contribution in [0.5, 0.6) is 0 Å². The molecule has 0 heteroatoms. The van der Waals surface area contributed by atoms with Crippen LogP contribution >= 0.6 is 0 Å². The quantitative estimate of drug-likeness (QED) is 0.619. The van der Waals surface area contributed by atoms with Crippen LogP contribution in [0, 0.1) is 0 Å². The number of allylic oxidation sites excluding steroid dienone is 3. The van der Waals surface area contributed by atoms with Gasteiger partial charge in [0.1, 0.15) is 0 Å². The molecule has 0 atom stereocenters. The van der Waals surface area contributed by atoms with E-state index in [1.165, 1.54) is 5.56 Å². The van der Waals surface area contributed by atoms with E-state index in [4.69, 9.17) is 0 Å². The van der Waals surface area contributed by atoms with Crippen LogP contribution in [0.1, 0.15) is 23.6 Å². The van der Waals surface area contributed by atoms with Gasteiger partial charge in [-0.3, -0.25) is 0 Å². The molecule has 1 aromatic rings. The van der Waals surface area contributed by atoms with Crippen LogP contribution in [-0.4, -0.2) is 0 Å². The highest BCUT2D eigenvalue weighted by molar-refractivity contribution is 5.75. The van der Waals surface area contributed by atoms with Crippen molar-refractivity contribution in [3.8, 4) is 0 Å². The Kier molecular flexibility index (Phi) is 3.87. The van der Waals surface area contributed by atoms with Crippen molar-refractivity contribution in [1.82, 2.24) is 0 Å². The van der Waals surface area contributed by atoms with Gasteiger partial charge in [-0.05, 0) is 35.3 Å². The first-order valence-corrected chi connectivity index (χ1v) is 4.93. The Balaban J connectivity index is 3.24. The molecule has 76 valence electrons. The molecule has 0 heterocycles. The molecular weight excluding hydrogens is 180 g/mol. The third kappa shape index (κ3) is 2.57. The number of hydrogen-bond donors (Lipinski definition) is 0. The molecule has 0 aliphatic rings. The summed E-state index contributed by atoms with van der Waals surface area (Å²) in [7, 11) is 0. The zero-order chi connectivity index (χ0) is 11.3. The van der Waals surface area contributed by atoms with E-state index in [1.807, 2.05) is 25.1 Å². The molecule has 0 fully saturated rings. The van der Waals surface area contributed by atoms with E-state index in [-0.39, 0.29) is 0 Å². The standard InChI is InChI=1S/C15H16/c1-5-8-14-9-10-15(12(4)6-2)11-13(14)7-3/h5-11H,2-4H2,1H3/b8-5-. The van der Waals surface area contributed by atoms with Crippen LogP contribution in [0.2, 0.25) is 0 Å². The fourth-order valence-corrected chi connectivity index (χ4v) is 1.40. The summed E-state index contributed by atoms with van der Waals surface area (Å²) >= 11 is 0. The summed E-state index contributed by atoms with van der Waals surface area (Å²) in [6, 6.07) is 6.19. The maximum atomic E-state index is 3.92. The molecule has 1 aromatic carbocycles. The van der Waals surface area contributed by atoms with Crippen molar-refractivity contribution in [3.63, 3.8) is 0 Å². The molecule has 0 unspecified atom stereocenters. The second kappa shape index (κ2) is 5.16. The molecule has 0 amide bonds. The number of benzene rings is 1. The second-order valence-corrected chi connectivity index (χ2v) is 3.28. The summed E-state index contributed by atoms with van der Waals surface area (Å²) in [5, 5.41) is 0. The van der Waals surface area contributed by atoms with Crippen LogP contribution in [0.15, 0.2) is 50.1 Å². The van der Waals surface area contributed by atoms with Gasteiger partial charge in [-0.25, -0.2) is 0 Å². The lowest BCUT2D eigenvalue weighted by atomic mass is 9.99. The molecule has 0 aliphatic heterocycles. The Labute approximate surface area is 92.0 Å².